The minimum atomic E-state index is -0.296. The van der Waals surface area contributed by atoms with Crippen LogP contribution in [-0.2, 0) is 18.1 Å². The van der Waals surface area contributed by atoms with Gasteiger partial charge >= 0.3 is 0 Å². The highest BCUT2D eigenvalue weighted by Gasteiger charge is 2.31. The fourth-order valence-electron chi connectivity index (χ4n) is 2.24. The molecule has 1 N–H and O–H groups in total. The Morgan fingerprint density at radius 2 is 2.00 bits per heavy atom. The number of ether oxygens (including phenoxy) is 1. The van der Waals surface area contributed by atoms with Crippen LogP contribution < -0.4 is 0 Å². The molecule has 1 aromatic heterocycles. The Balaban J connectivity index is 1.50. The summed E-state index contributed by atoms with van der Waals surface area (Å²) in [5.74, 6) is 0.473. The van der Waals surface area contributed by atoms with Crippen LogP contribution in [0.1, 0.15) is 30.1 Å². The lowest BCUT2D eigenvalue weighted by molar-refractivity contribution is 0.0638. The lowest BCUT2D eigenvalue weighted by atomic mass is 10.1. The maximum atomic E-state index is 10.0. The number of aromatic nitrogens is 1. The Kier molecular flexibility index (Phi) is 3.67. The number of benzene rings is 1. The molecule has 1 aliphatic carbocycles. The second kappa shape index (κ2) is 5.59. The normalized spacial score (nSPS) is 16.5. The molecule has 0 bridgehead atoms. The average molecular weight is 257 g/mol. The zero-order valence-electron chi connectivity index (χ0n) is 10.9. The van der Waals surface area contributed by atoms with E-state index in [0.717, 1.165) is 18.4 Å². The van der Waals surface area contributed by atoms with Crippen molar-refractivity contribution in [2.24, 2.45) is 5.92 Å². The predicted octanol–water partition coefficient (Wildman–Crippen LogP) is 3.11. The first kappa shape index (κ1) is 12.5. The van der Waals surface area contributed by atoms with Gasteiger partial charge in [-0.3, -0.25) is 0 Å². The molecule has 19 heavy (non-hydrogen) atoms. The molecule has 1 saturated carbocycles. The van der Waals surface area contributed by atoms with Gasteiger partial charge in [0.2, 0.25) is 0 Å². The summed E-state index contributed by atoms with van der Waals surface area (Å²) in [6.07, 6.45) is 5.95. The van der Waals surface area contributed by atoms with E-state index in [1.54, 1.807) is 0 Å². The Bertz CT molecular complexity index is 517. The first-order valence-corrected chi connectivity index (χ1v) is 6.78. The second-order valence-corrected chi connectivity index (χ2v) is 5.20. The SMILES string of the molecule is OC(c1ccn(COCc2ccccc2)c1)C1CC1. The van der Waals surface area contributed by atoms with Crippen LogP contribution in [0.15, 0.2) is 48.8 Å². The van der Waals surface area contributed by atoms with Crippen LogP contribution in [0.2, 0.25) is 0 Å². The Hall–Kier alpha value is -1.58. The summed E-state index contributed by atoms with van der Waals surface area (Å²) in [6.45, 7) is 1.13. The Morgan fingerprint density at radius 3 is 2.74 bits per heavy atom. The van der Waals surface area contributed by atoms with Crippen molar-refractivity contribution in [2.75, 3.05) is 0 Å². The molecule has 3 rings (SSSR count). The summed E-state index contributed by atoms with van der Waals surface area (Å²) >= 11 is 0. The standard InChI is InChI=1S/C16H19NO2/c18-16(14-6-7-14)15-8-9-17(10-15)12-19-11-13-4-2-1-3-5-13/h1-5,8-10,14,16,18H,6-7,11-12H2. The fourth-order valence-corrected chi connectivity index (χ4v) is 2.24. The molecule has 1 aromatic carbocycles. The van der Waals surface area contributed by atoms with Crippen molar-refractivity contribution in [3.05, 3.63) is 59.9 Å². The van der Waals surface area contributed by atoms with Gasteiger partial charge in [-0.1, -0.05) is 30.3 Å². The van der Waals surface area contributed by atoms with Crippen molar-refractivity contribution in [3.8, 4) is 0 Å². The first-order chi connectivity index (χ1) is 9.33. The third-order valence-corrected chi connectivity index (χ3v) is 3.54. The van der Waals surface area contributed by atoms with Gasteiger partial charge < -0.3 is 14.4 Å². The van der Waals surface area contributed by atoms with Crippen LogP contribution in [0, 0.1) is 5.92 Å². The van der Waals surface area contributed by atoms with E-state index in [0.29, 0.717) is 19.3 Å². The van der Waals surface area contributed by atoms with Gasteiger partial charge in [0.1, 0.15) is 6.73 Å². The van der Waals surface area contributed by atoms with Crippen molar-refractivity contribution in [2.45, 2.75) is 32.3 Å². The maximum absolute atomic E-state index is 10.0. The van der Waals surface area contributed by atoms with Crippen LogP contribution >= 0.6 is 0 Å². The molecule has 1 fully saturated rings. The highest BCUT2D eigenvalue weighted by Crippen LogP contribution is 2.40. The second-order valence-electron chi connectivity index (χ2n) is 5.20. The van der Waals surface area contributed by atoms with Gasteiger partial charge in [-0.2, -0.15) is 0 Å². The number of hydrogen-bond donors (Lipinski definition) is 1. The summed E-state index contributed by atoms with van der Waals surface area (Å²) < 4.78 is 7.63. The average Bonchev–Trinajstić information content (AvgIpc) is 3.19. The molecule has 1 heterocycles. The largest absolute Gasteiger partial charge is 0.388 e. The van der Waals surface area contributed by atoms with Crippen LogP contribution in [-0.4, -0.2) is 9.67 Å². The molecule has 0 aliphatic heterocycles. The quantitative estimate of drug-likeness (QED) is 0.862. The Labute approximate surface area is 113 Å². The van der Waals surface area contributed by atoms with Gasteiger partial charge in [-0.25, -0.2) is 0 Å². The van der Waals surface area contributed by atoms with Gasteiger partial charge in [0, 0.05) is 12.4 Å². The van der Waals surface area contributed by atoms with Gasteiger partial charge in [0.05, 0.1) is 12.7 Å². The summed E-state index contributed by atoms with van der Waals surface area (Å²) in [7, 11) is 0. The molecule has 0 amide bonds. The molecule has 3 heteroatoms. The van der Waals surface area contributed by atoms with Crippen LogP contribution in [0.25, 0.3) is 0 Å². The van der Waals surface area contributed by atoms with E-state index in [1.807, 2.05) is 41.2 Å². The van der Waals surface area contributed by atoms with E-state index in [2.05, 4.69) is 12.1 Å². The van der Waals surface area contributed by atoms with Crippen molar-refractivity contribution >= 4 is 0 Å². The van der Waals surface area contributed by atoms with Gasteiger partial charge in [-0.05, 0) is 36.0 Å². The van der Waals surface area contributed by atoms with E-state index < -0.39 is 0 Å². The third kappa shape index (κ3) is 3.25. The number of hydrogen-bond acceptors (Lipinski definition) is 2. The van der Waals surface area contributed by atoms with E-state index in [1.165, 1.54) is 5.56 Å². The minimum Gasteiger partial charge on any atom is -0.388 e. The first-order valence-electron chi connectivity index (χ1n) is 6.78. The molecule has 1 unspecified atom stereocenters. The molecule has 1 atom stereocenters. The molecular weight excluding hydrogens is 238 g/mol. The summed E-state index contributed by atoms with van der Waals surface area (Å²) in [5, 5.41) is 10.0. The van der Waals surface area contributed by atoms with Gasteiger partial charge in [0.15, 0.2) is 0 Å². The molecule has 0 radical (unpaired) electrons. The van der Waals surface area contributed by atoms with Crippen LogP contribution in [0.5, 0.6) is 0 Å². The fraction of sp³-hybridized carbons (Fsp3) is 0.375. The summed E-state index contributed by atoms with van der Waals surface area (Å²) in [4.78, 5) is 0. The molecule has 100 valence electrons. The zero-order valence-corrected chi connectivity index (χ0v) is 10.9. The maximum Gasteiger partial charge on any atom is 0.122 e. The van der Waals surface area contributed by atoms with E-state index >= 15 is 0 Å². The highest BCUT2D eigenvalue weighted by molar-refractivity contribution is 5.16. The van der Waals surface area contributed by atoms with Gasteiger partial charge in [-0.15, -0.1) is 0 Å². The molecule has 0 saturated heterocycles. The molecular formula is C16H19NO2. The van der Waals surface area contributed by atoms with Gasteiger partial charge in [0.25, 0.3) is 0 Å². The Morgan fingerprint density at radius 1 is 1.21 bits per heavy atom. The van der Waals surface area contributed by atoms with Crippen LogP contribution in [0.4, 0.5) is 0 Å². The monoisotopic (exact) mass is 257 g/mol. The zero-order chi connectivity index (χ0) is 13.1. The van der Waals surface area contributed by atoms with Crippen molar-refractivity contribution in [3.63, 3.8) is 0 Å². The van der Waals surface area contributed by atoms with E-state index in [-0.39, 0.29) is 6.10 Å². The third-order valence-electron chi connectivity index (χ3n) is 3.54. The molecule has 1 aliphatic rings. The van der Waals surface area contributed by atoms with Crippen molar-refractivity contribution in [1.29, 1.82) is 0 Å². The van der Waals surface area contributed by atoms with Crippen molar-refractivity contribution in [1.82, 2.24) is 4.57 Å². The highest BCUT2D eigenvalue weighted by atomic mass is 16.5. The molecule has 3 nitrogen and oxygen atoms in total. The van der Waals surface area contributed by atoms with Crippen molar-refractivity contribution < 1.29 is 9.84 Å². The number of aliphatic hydroxyl groups is 1. The molecule has 2 aromatic rings. The lowest BCUT2D eigenvalue weighted by Gasteiger charge is -2.07. The number of nitrogens with zero attached hydrogens (tertiary/aromatic N) is 1. The number of rotatable bonds is 6. The predicted molar refractivity (Wildman–Crippen MR) is 73.3 cm³/mol. The smallest absolute Gasteiger partial charge is 0.122 e. The van der Waals surface area contributed by atoms with Crippen LogP contribution in [0.3, 0.4) is 0 Å². The van der Waals surface area contributed by atoms with E-state index in [4.69, 9.17) is 4.74 Å². The summed E-state index contributed by atoms with van der Waals surface area (Å²) in [6, 6.07) is 12.1. The minimum absolute atomic E-state index is 0.296. The topological polar surface area (TPSA) is 34.4 Å². The summed E-state index contributed by atoms with van der Waals surface area (Å²) in [5.41, 5.74) is 2.18. The number of aliphatic hydroxyl groups excluding tert-OH is 1. The lowest BCUT2D eigenvalue weighted by Crippen LogP contribution is -2.01. The van der Waals surface area contributed by atoms with E-state index in [9.17, 15) is 5.11 Å². The molecule has 0 spiro atoms.